The Morgan fingerprint density at radius 2 is 2.08 bits per heavy atom. The molecular weight excluding hydrogens is 346 g/mol. The molecule has 3 aromatic rings. The lowest BCUT2D eigenvalue weighted by Crippen LogP contribution is -2.18. The minimum Gasteiger partial charge on any atom is -0.486 e. The normalized spacial score (nSPS) is 17.4. The van der Waals surface area contributed by atoms with Gasteiger partial charge in [0, 0.05) is 42.5 Å². The average Bonchev–Trinajstić information content (AvgIpc) is 2.81. The highest BCUT2D eigenvalue weighted by Gasteiger charge is 2.23. The topological polar surface area (TPSA) is 38.2 Å². The molecule has 0 saturated heterocycles. The van der Waals surface area contributed by atoms with E-state index < -0.39 is 0 Å². The predicted molar refractivity (Wildman–Crippen MR) is 103 cm³/mol. The second-order valence-electron chi connectivity index (χ2n) is 6.59. The van der Waals surface area contributed by atoms with E-state index in [0.29, 0.717) is 5.02 Å². The molecule has 0 spiro atoms. The summed E-state index contributed by atoms with van der Waals surface area (Å²) in [5.74, 6) is 0.802. The molecular formula is C21H20ClN3O. The molecule has 2 aromatic carbocycles. The van der Waals surface area contributed by atoms with Gasteiger partial charge in [-0.1, -0.05) is 29.8 Å². The summed E-state index contributed by atoms with van der Waals surface area (Å²) in [5.41, 5.74) is 4.45. The van der Waals surface area contributed by atoms with Gasteiger partial charge in [0.1, 0.15) is 11.9 Å². The van der Waals surface area contributed by atoms with Crippen LogP contribution in [-0.2, 0) is 6.54 Å². The highest BCUT2D eigenvalue weighted by molar-refractivity contribution is 6.30. The maximum Gasteiger partial charge on any atom is 0.125 e. The Kier molecular flexibility index (Phi) is 4.87. The molecule has 26 heavy (non-hydrogen) atoms. The van der Waals surface area contributed by atoms with E-state index in [0.717, 1.165) is 36.5 Å². The number of hydrogen-bond acceptors (Lipinski definition) is 4. The molecule has 132 valence electrons. The number of rotatable bonds is 3. The van der Waals surface area contributed by atoms with Crippen LogP contribution in [0.4, 0.5) is 0 Å². The molecule has 0 radical (unpaired) electrons. The van der Waals surface area contributed by atoms with Gasteiger partial charge in [-0.3, -0.25) is 9.97 Å². The Morgan fingerprint density at radius 1 is 1.15 bits per heavy atom. The van der Waals surface area contributed by atoms with Crippen LogP contribution in [0.1, 0.15) is 23.7 Å². The Morgan fingerprint density at radius 3 is 2.88 bits per heavy atom. The molecule has 2 heterocycles. The number of ether oxygens (including phenoxy) is 1. The Labute approximate surface area is 158 Å². The van der Waals surface area contributed by atoms with Crippen LogP contribution in [0.5, 0.6) is 5.75 Å². The third-order valence-electron chi connectivity index (χ3n) is 4.64. The van der Waals surface area contributed by atoms with Crippen molar-refractivity contribution in [3.05, 3.63) is 77.2 Å². The second kappa shape index (κ2) is 7.44. The van der Waals surface area contributed by atoms with Gasteiger partial charge in [-0.2, -0.15) is 0 Å². The van der Waals surface area contributed by atoms with E-state index in [1.165, 1.54) is 11.1 Å². The van der Waals surface area contributed by atoms with Crippen LogP contribution in [-0.4, -0.2) is 28.5 Å². The van der Waals surface area contributed by atoms with Gasteiger partial charge in [0.15, 0.2) is 0 Å². The maximum absolute atomic E-state index is 6.30. The minimum atomic E-state index is 0.00400. The Bertz CT molecular complexity index is 901. The van der Waals surface area contributed by atoms with E-state index in [1.54, 1.807) is 18.6 Å². The molecule has 1 unspecified atom stereocenters. The van der Waals surface area contributed by atoms with Crippen molar-refractivity contribution in [2.24, 2.45) is 0 Å². The van der Waals surface area contributed by atoms with Gasteiger partial charge in [-0.25, -0.2) is 0 Å². The zero-order valence-electron chi connectivity index (χ0n) is 14.6. The summed E-state index contributed by atoms with van der Waals surface area (Å²) in [5, 5.41) is 0.687. The summed E-state index contributed by atoms with van der Waals surface area (Å²) in [6, 6.07) is 14.1. The standard InChI is InChI=1S/C21H20ClN3O/c1-25-10-7-21(26-18-4-2-3-17(22)12-18)19-6-5-15(11-16(19)14-25)20-13-23-8-9-24-20/h2-6,8-9,11-13,21H,7,10,14H2,1H3. The molecule has 0 saturated carbocycles. The number of halogens is 1. The summed E-state index contributed by atoms with van der Waals surface area (Å²) < 4.78 is 6.30. The number of nitrogens with zero attached hydrogens (tertiary/aromatic N) is 3. The fourth-order valence-corrected chi connectivity index (χ4v) is 3.53. The summed E-state index contributed by atoms with van der Waals surface area (Å²) in [6.07, 6.45) is 6.14. The first-order valence-electron chi connectivity index (χ1n) is 8.69. The van der Waals surface area contributed by atoms with Gasteiger partial charge < -0.3 is 9.64 Å². The summed E-state index contributed by atoms with van der Waals surface area (Å²) in [4.78, 5) is 10.9. The highest BCUT2D eigenvalue weighted by atomic mass is 35.5. The van der Waals surface area contributed by atoms with Crippen molar-refractivity contribution in [3.63, 3.8) is 0 Å². The molecule has 1 aliphatic heterocycles. The van der Waals surface area contributed by atoms with Crippen molar-refractivity contribution in [3.8, 4) is 17.0 Å². The third kappa shape index (κ3) is 3.71. The van der Waals surface area contributed by atoms with Gasteiger partial charge in [0.2, 0.25) is 0 Å². The first-order chi connectivity index (χ1) is 12.7. The lowest BCUT2D eigenvalue weighted by molar-refractivity contribution is 0.182. The monoisotopic (exact) mass is 365 g/mol. The van der Waals surface area contributed by atoms with Gasteiger partial charge in [-0.15, -0.1) is 0 Å². The molecule has 0 N–H and O–H groups in total. The first kappa shape index (κ1) is 17.0. The van der Waals surface area contributed by atoms with Gasteiger partial charge in [0.05, 0.1) is 11.9 Å². The van der Waals surface area contributed by atoms with E-state index in [-0.39, 0.29) is 6.10 Å². The van der Waals surface area contributed by atoms with E-state index in [9.17, 15) is 0 Å². The van der Waals surface area contributed by atoms with Crippen LogP contribution < -0.4 is 4.74 Å². The van der Waals surface area contributed by atoms with E-state index in [2.05, 4.69) is 40.1 Å². The van der Waals surface area contributed by atoms with Crippen molar-refractivity contribution >= 4 is 11.6 Å². The maximum atomic E-state index is 6.30. The smallest absolute Gasteiger partial charge is 0.125 e. The average molecular weight is 366 g/mol. The lowest BCUT2D eigenvalue weighted by Gasteiger charge is -2.20. The Balaban J connectivity index is 1.69. The Hall–Kier alpha value is -2.43. The van der Waals surface area contributed by atoms with Crippen molar-refractivity contribution in [2.45, 2.75) is 19.1 Å². The molecule has 0 aliphatic carbocycles. The fraction of sp³-hybridized carbons (Fsp3) is 0.238. The molecule has 0 bridgehead atoms. The van der Waals surface area contributed by atoms with E-state index >= 15 is 0 Å². The number of fused-ring (bicyclic) bond motifs is 1. The molecule has 4 rings (SSSR count). The number of hydrogen-bond donors (Lipinski definition) is 0. The van der Waals surface area contributed by atoms with E-state index in [1.807, 2.05) is 24.3 Å². The van der Waals surface area contributed by atoms with Crippen molar-refractivity contribution < 1.29 is 4.74 Å². The predicted octanol–water partition coefficient (Wildman–Crippen LogP) is 4.75. The van der Waals surface area contributed by atoms with Crippen LogP contribution in [0.15, 0.2) is 61.1 Å². The molecule has 1 aromatic heterocycles. The number of benzene rings is 2. The van der Waals surface area contributed by atoms with Crippen LogP contribution in [0.2, 0.25) is 5.02 Å². The molecule has 1 aliphatic rings. The van der Waals surface area contributed by atoms with Gasteiger partial charge in [-0.05, 0) is 42.4 Å². The van der Waals surface area contributed by atoms with Crippen molar-refractivity contribution in [2.75, 3.05) is 13.6 Å². The zero-order valence-corrected chi connectivity index (χ0v) is 15.4. The van der Waals surface area contributed by atoms with Gasteiger partial charge >= 0.3 is 0 Å². The highest BCUT2D eigenvalue weighted by Crippen LogP contribution is 2.33. The molecule has 5 heteroatoms. The quantitative estimate of drug-likeness (QED) is 0.671. The fourth-order valence-electron chi connectivity index (χ4n) is 3.35. The summed E-state index contributed by atoms with van der Waals surface area (Å²) in [7, 11) is 2.14. The van der Waals surface area contributed by atoms with Crippen LogP contribution in [0.3, 0.4) is 0 Å². The van der Waals surface area contributed by atoms with Crippen LogP contribution >= 0.6 is 11.6 Å². The molecule has 0 fully saturated rings. The lowest BCUT2D eigenvalue weighted by atomic mass is 9.98. The first-order valence-corrected chi connectivity index (χ1v) is 9.07. The minimum absolute atomic E-state index is 0.00400. The second-order valence-corrected chi connectivity index (χ2v) is 7.03. The SMILES string of the molecule is CN1CCC(Oc2cccc(Cl)c2)c2ccc(-c3cnccn3)cc2C1. The molecule has 1 atom stereocenters. The molecule has 0 amide bonds. The third-order valence-corrected chi connectivity index (χ3v) is 4.87. The van der Waals surface area contributed by atoms with Gasteiger partial charge in [0.25, 0.3) is 0 Å². The summed E-state index contributed by atoms with van der Waals surface area (Å²) >= 11 is 6.11. The summed E-state index contributed by atoms with van der Waals surface area (Å²) in [6.45, 7) is 1.86. The largest absolute Gasteiger partial charge is 0.486 e. The van der Waals surface area contributed by atoms with Crippen molar-refractivity contribution in [1.82, 2.24) is 14.9 Å². The van der Waals surface area contributed by atoms with Crippen LogP contribution in [0.25, 0.3) is 11.3 Å². The molecule has 4 nitrogen and oxygen atoms in total. The zero-order chi connectivity index (χ0) is 17.9. The van der Waals surface area contributed by atoms with Crippen LogP contribution in [0, 0.1) is 0 Å². The number of aromatic nitrogens is 2. The van der Waals surface area contributed by atoms with E-state index in [4.69, 9.17) is 16.3 Å². The van der Waals surface area contributed by atoms with Crippen molar-refractivity contribution in [1.29, 1.82) is 0 Å².